The van der Waals surface area contributed by atoms with Crippen molar-refractivity contribution in [2.45, 2.75) is 0 Å². The van der Waals surface area contributed by atoms with E-state index in [0.717, 1.165) is 11.1 Å². The van der Waals surface area contributed by atoms with Gasteiger partial charge in [0, 0.05) is 11.1 Å². The number of carbonyl (C=O) groups is 1. The Morgan fingerprint density at radius 2 is 1.05 bits per heavy atom. The van der Waals surface area contributed by atoms with E-state index >= 15 is 0 Å². The monoisotopic (exact) mass is 250 g/mol. The molecule has 1 aromatic heterocycles. The third kappa shape index (κ3) is 3.96. The summed E-state index contributed by atoms with van der Waals surface area (Å²) < 4.78 is 4.58. The van der Waals surface area contributed by atoms with Crippen LogP contribution in [0.5, 0.6) is 0 Å². The highest BCUT2D eigenvalue weighted by Crippen LogP contribution is 2.08. The zero-order chi connectivity index (χ0) is 13.3. The van der Waals surface area contributed by atoms with Gasteiger partial charge in [0.1, 0.15) is 0 Å². The predicted octanol–water partition coefficient (Wildman–Crippen LogP) is 4.20. The van der Waals surface area contributed by atoms with Gasteiger partial charge in [-0.2, -0.15) is 0 Å². The molecule has 2 aromatic carbocycles. The van der Waals surface area contributed by atoms with Crippen molar-refractivity contribution in [1.29, 1.82) is 0 Å². The third-order valence-electron chi connectivity index (χ3n) is 2.50. The average molecular weight is 250 g/mol. The summed E-state index contributed by atoms with van der Waals surface area (Å²) in [7, 11) is 0. The summed E-state index contributed by atoms with van der Waals surface area (Å²) in [6.45, 7) is 0. The van der Waals surface area contributed by atoms with E-state index in [1.165, 1.54) is 0 Å². The van der Waals surface area contributed by atoms with Gasteiger partial charge in [0.05, 0.1) is 12.5 Å². The lowest BCUT2D eigenvalue weighted by Gasteiger charge is -1.99. The average Bonchev–Trinajstić information content (AvgIpc) is 3.08. The molecule has 3 rings (SSSR count). The molecule has 0 bridgehead atoms. The molecule has 3 aromatic rings. The summed E-state index contributed by atoms with van der Waals surface area (Å²) in [5.41, 5.74) is 1.47. The highest BCUT2D eigenvalue weighted by atomic mass is 16.3. The van der Waals surface area contributed by atoms with Crippen LogP contribution in [-0.2, 0) is 0 Å². The summed E-state index contributed by atoms with van der Waals surface area (Å²) >= 11 is 0. The molecule has 0 N–H and O–H groups in total. The highest BCUT2D eigenvalue weighted by Gasteiger charge is 2.06. The maximum atomic E-state index is 11.8. The van der Waals surface area contributed by atoms with Gasteiger partial charge in [-0.3, -0.25) is 4.79 Å². The maximum Gasteiger partial charge on any atom is 0.193 e. The topological polar surface area (TPSA) is 30.2 Å². The standard InChI is InChI=1S/C13H10O.C4H4O/c14-13(11-7-3-1-4-8-11)12-9-5-2-6-10-12;1-2-4-5-3-1/h1-10H;1-4H. The number of carbonyl (C=O) groups excluding carboxylic acids is 1. The van der Waals surface area contributed by atoms with E-state index in [1.807, 2.05) is 72.8 Å². The van der Waals surface area contributed by atoms with Crippen LogP contribution in [-0.4, -0.2) is 5.78 Å². The lowest BCUT2D eigenvalue weighted by atomic mass is 10.0. The van der Waals surface area contributed by atoms with E-state index in [1.54, 1.807) is 12.5 Å². The predicted molar refractivity (Wildman–Crippen MR) is 75.0 cm³/mol. The zero-order valence-electron chi connectivity index (χ0n) is 10.4. The fraction of sp³-hybridized carbons (Fsp3) is 0. The van der Waals surface area contributed by atoms with E-state index in [4.69, 9.17) is 0 Å². The van der Waals surface area contributed by atoms with Crippen LogP contribution in [0.15, 0.2) is 89.7 Å². The van der Waals surface area contributed by atoms with Crippen molar-refractivity contribution in [2.75, 3.05) is 0 Å². The van der Waals surface area contributed by atoms with Crippen molar-refractivity contribution >= 4 is 5.78 Å². The molecule has 94 valence electrons. The number of hydrogen-bond acceptors (Lipinski definition) is 2. The van der Waals surface area contributed by atoms with Crippen molar-refractivity contribution in [3.63, 3.8) is 0 Å². The number of rotatable bonds is 2. The molecule has 0 aliphatic rings. The number of ketones is 1. The molecule has 0 saturated carbocycles. The maximum absolute atomic E-state index is 11.8. The zero-order valence-corrected chi connectivity index (χ0v) is 10.4. The Morgan fingerprint density at radius 3 is 1.37 bits per heavy atom. The number of furan rings is 1. The molecule has 0 atom stereocenters. The lowest BCUT2D eigenvalue weighted by molar-refractivity contribution is 0.103. The molecule has 0 aliphatic heterocycles. The Bertz CT molecular complexity index is 525. The molecule has 0 unspecified atom stereocenters. The van der Waals surface area contributed by atoms with Gasteiger partial charge in [-0.1, -0.05) is 60.7 Å². The Kier molecular flexibility index (Phi) is 4.71. The first-order valence-corrected chi connectivity index (χ1v) is 6.00. The van der Waals surface area contributed by atoms with E-state index in [0.29, 0.717) is 0 Å². The number of benzene rings is 2. The van der Waals surface area contributed by atoms with Crippen LogP contribution in [0.3, 0.4) is 0 Å². The van der Waals surface area contributed by atoms with Gasteiger partial charge in [-0.15, -0.1) is 0 Å². The van der Waals surface area contributed by atoms with E-state index in [9.17, 15) is 4.79 Å². The Morgan fingerprint density at radius 1 is 0.632 bits per heavy atom. The van der Waals surface area contributed by atoms with Crippen LogP contribution >= 0.6 is 0 Å². The van der Waals surface area contributed by atoms with Gasteiger partial charge in [-0.25, -0.2) is 0 Å². The molecule has 0 radical (unpaired) electrons. The summed E-state index contributed by atoms with van der Waals surface area (Å²) in [4.78, 5) is 11.8. The Labute approximate surface area is 112 Å². The molecule has 0 spiro atoms. The van der Waals surface area contributed by atoms with Crippen molar-refractivity contribution in [1.82, 2.24) is 0 Å². The van der Waals surface area contributed by atoms with E-state index in [-0.39, 0.29) is 5.78 Å². The largest absolute Gasteiger partial charge is 0.473 e. The fourth-order valence-corrected chi connectivity index (χ4v) is 1.57. The summed E-state index contributed by atoms with van der Waals surface area (Å²) in [6, 6.07) is 22.3. The minimum absolute atomic E-state index is 0.0752. The fourth-order valence-electron chi connectivity index (χ4n) is 1.57. The van der Waals surface area contributed by atoms with Gasteiger partial charge in [0.2, 0.25) is 0 Å². The van der Waals surface area contributed by atoms with Gasteiger partial charge in [0.15, 0.2) is 5.78 Å². The van der Waals surface area contributed by atoms with Gasteiger partial charge in [0.25, 0.3) is 0 Å². The molecular formula is C17H14O2. The SMILES string of the molecule is O=C(c1ccccc1)c1ccccc1.c1ccoc1. The van der Waals surface area contributed by atoms with Crippen molar-refractivity contribution < 1.29 is 9.21 Å². The molecule has 0 saturated heterocycles. The molecular weight excluding hydrogens is 236 g/mol. The van der Waals surface area contributed by atoms with Crippen molar-refractivity contribution in [3.8, 4) is 0 Å². The molecule has 0 amide bonds. The quantitative estimate of drug-likeness (QED) is 0.638. The van der Waals surface area contributed by atoms with Crippen LogP contribution < -0.4 is 0 Å². The van der Waals surface area contributed by atoms with Crippen LogP contribution in [0.4, 0.5) is 0 Å². The van der Waals surface area contributed by atoms with E-state index in [2.05, 4.69) is 4.42 Å². The third-order valence-corrected chi connectivity index (χ3v) is 2.50. The second-order valence-electron chi connectivity index (χ2n) is 3.85. The molecule has 19 heavy (non-hydrogen) atoms. The van der Waals surface area contributed by atoms with E-state index < -0.39 is 0 Å². The second-order valence-corrected chi connectivity index (χ2v) is 3.85. The first-order chi connectivity index (χ1) is 9.38. The first-order valence-electron chi connectivity index (χ1n) is 6.00. The normalized spacial score (nSPS) is 9.26. The van der Waals surface area contributed by atoms with Crippen LogP contribution in [0.25, 0.3) is 0 Å². The van der Waals surface area contributed by atoms with Crippen LogP contribution in [0, 0.1) is 0 Å². The second kappa shape index (κ2) is 6.97. The van der Waals surface area contributed by atoms with Crippen molar-refractivity contribution in [2.24, 2.45) is 0 Å². The molecule has 1 heterocycles. The van der Waals surface area contributed by atoms with Crippen LogP contribution in [0.2, 0.25) is 0 Å². The van der Waals surface area contributed by atoms with Crippen LogP contribution in [0.1, 0.15) is 15.9 Å². The molecule has 0 aliphatic carbocycles. The molecule has 0 fully saturated rings. The molecule has 2 heteroatoms. The van der Waals surface area contributed by atoms with Gasteiger partial charge < -0.3 is 4.42 Å². The summed E-state index contributed by atoms with van der Waals surface area (Å²) in [5, 5.41) is 0. The molecule has 2 nitrogen and oxygen atoms in total. The van der Waals surface area contributed by atoms with Crippen molar-refractivity contribution in [3.05, 3.63) is 96.4 Å². The summed E-state index contributed by atoms with van der Waals surface area (Å²) in [5.74, 6) is 0.0752. The minimum atomic E-state index is 0.0752. The lowest BCUT2D eigenvalue weighted by Crippen LogP contribution is -1.99. The van der Waals surface area contributed by atoms with Gasteiger partial charge >= 0.3 is 0 Å². The smallest absolute Gasteiger partial charge is 0.193 e. The first kappa shape index (κ1) is 12.8. The summed E-state index contributed by atoms with van der Waals surface area (Å²) in [6.07, 6.45) is 3.25. The minimum Gasteiger partial charge on any atom is -0.473 e. The Balaban J connectivity index is 0.000000224. The van der Waals surface area contributed by atoms with Gasteiger partial charge in [-0.05, 0) is 12.1 Å². The highest BCUT2D eigenvalue weighted by molar-refractivity contribution is 6.08. The number of hydrogen-bond donors (Lipinski definition) is 0. The Hall–Kier alpha value is -2.61.